The van der Waals surface area contributed by atoms with Crippen LogP contribution in [-0.2, 0) is 0 Å². The molecular weight excluding hydrogens is 266 g/mol. The summed E-state index contributed by atoms with van der Waals surface area (Å²) in [6.45, 7) is 2.70. The van der Waals surface area contributed by atoms with Crippen molar-refractivity contribution in [3.8, 4) is 11.5 Å². The van der Waals surface area contributed by atoms with Crippen LogP contribution in [0, 0.1) is 0 Å². The average molecular weight is 285 g/mol. The quantitative estimate of drug-likeness (QED) is 0.919. The van der Waals surface area contributed by atoms with Crippen LogP contribution in [-0.4, -0.2) is 34.4 Å². The molecule has 3 rings (SSSR count). The molecule has 2 N–H and O–H groups in total. The second-order valence-electron chi connectivity index (χ2n) is 5.54. The van der Waals surface area contributed by atoms with Gasteiger partial charge in [0.05, 0.1) is 0 Å². The molecule has 5 heteroatoms. The van der Waals surface area contributed by atoms with E-state index in [-0.39, 0.29) is 18.0 Å². The number of benzene rings is 1. The van der Waals surface area contributed by atoms with Crippen LogP contribution in [0.5, 0.6) is 0 Å². The van der Waals surface area contributed by atoms with Crippen LogP contribution in [0.25, 0.3) is 11.5 Å². The monoisotopic (exact) mass is 285 g/mol. The van der Waals surface area contributed by atoms with Gasteiger partial charge in [0.1, 0.15) is 6.26 Å². The Balaban J connectivity index is 1.78. The van der Waals surface area contributed by atoms with Gasteiger partial charge in [0.25, 0.3) is 5.91 Å². The number of piperidine rings is 1. The van der Waals surface area contributed by atoms with Crippen LogP contribution in [0.3, 0.4) is 0 Å². The summed E-state index contributed by atoms with van der Waals surface area (Å²) in [7, 11) is 0. The molecule has 0 radical (unpaired) electrons. The maximum Gasteiger partial charge on any atom is 0.276 e. The summed E-state index contributed by atoms with van der Waals surface area (Å²) >= 11 is 0. The van der Waals surface area contributed by atoms with Gasteiger partial charge in [0, 0.05) is 24.2 Å². The van der Waals surface area contributed by atoms with E-state index in [0.29, 0.717) is 18.1 Å². The minimum Gasteiger partial charge on any atom is -0.444 e. The number of likely N-dealkylation sites (tertiary alicyclic amines) is 1. The number of hydrogen-bond acceptors (Lipinski definition) is 4. The highest BCUT2D eigenvalue weighted by molar-refractivity contribution is 5.92. The van der Waals surface area contributed by atoms with Crippen LogP contribution in [0.15, 0.2) is 41.0 Å². The maximum atomic E-state index is 12.5. The fraction of sp³-hybridized carbons (Fsp3) is 0.375. The van der Waals surface area contributed by atoms with Gasteiger partial charge in [0.2, 0.25) is 5.89 Å². The molecule has 1 saturated heterocycles. The molecule has 1 aliphatic rings. The lowest BCUT2D eigenvalue weighted by Crippen LogP contribution is -2.48. The number of oxazole rings is 1. The number of carbonyl (C=O) groups is 1. The fourth-order valence-corrected chi connectivity index (χ4v) is 2.74. The fourth-order valence-electron chi connectivity index (χ4n) is 2.74. The lowest BCUT2D eigenvalue weighted by atomic mass is 9.99. The first-order chi connectivity index (χ1) is 10.1. The van der Waals surface area contributed by atoms with Gasteiger partial charge in [-0.2, -0.15) is 0 Å². The number of rotatable bonds is 2. The Hall–Kier alpha value is -2.14. The molecule has 2 heterocycles. The van der Waals surface area contributed by atoms with Gasteiger partial charge >= 0.3 is 0 Å². The van der Waals surface area contributed by atoms with Gasteiger partial charge in [-0.3, -0.25) is 4.79 Å². The van der Waals surface area contributed by atoms with Crippen molar-refractivity contribution in [2.24, 2.45) is 5.73 Å². The van der Waals surface area contributed by atoms with Crippen molar-refractivity contribution < 1.29 is 9.21 Å². The summed E-state index contributed by atoms with van der Waals surface area (Å²) in [5.74, 6) is 0.389. The van der Waals surface area contributed by atoms with Crippen LogP contribution in [0.1, 0.15) is 30.3 Å². The Morgan fingerprint density at radius 2 is 2.14 bits per heavy atom. The summed E-state index contributed by atoms with van der Waals surface area (Å²) in [5, 5.41) is 0. The molecule has 0 spiro atoms. The first-order valence-electron chi connectivity index (χ1n) is 7.22. The smallest absolute Gasteiger partial charge is 0.276 e. The van der Waals surface area contributed by atoms with E-state index in [1.807, 2.05) is 42.2 Å². The molecule has 1 aromatic carbocycles. The highest BCUT2D eigenvalue weighted by Crippen LogP contribution is 2.22. The normalized spacial score (nSPS) is 22.3. The minimum atomic E-state index is -0.0830. The Morgan fingerprint density at radius 1 is 1.38 bits per heavy atom. The summed E-state index contributed by atoms with van der Waals surface area (Å²) < 4.78 is 5.44. The Bertz CT molecular complexity index is 623. The second-order valence-corrected chi connectivity index (χ2v) is 5.54. The first-order valence-corrected chi connectivity index (χ1v) is 7.22. The van der Waals surface area contributed by atoms with Crippen molar-refractivity contribution in [1.29, 1.82) is 0 Å². The van der Waals surface area contributed by atoms with E-state index in [4.69, 9.17) is 10.2 Å². The molecule has 1 fully saturated rings. The van der Waals surface area contributed by atoms with E-state index in [9.17, 15) is 4.79 Å². The first kappa shape index (κ1) is 13.8. The molecule has 0 unspecified atom stereocenters. The van der Waals surface area contributed by atoms with Crippen LogP contribution in [0.4, 0.5) is 0 Å². The van der Waals surface area contributed by atoms with Crippen molar-refractivity contribution in [2.75, 3.05) is 6.54 Å². The highest BCUT2D eigenvalue weighted by Gasteiger charge is 2.29. The highest BCUT2D eigenvalue weighted by atomic mass is 16.3. The van der Waals surface area contributed by atoms with Crippen LogP contribution >= 0.6 is 0 Å². The molecule has 2 atom stereocenters. The molecule has 0 bridgehead atoms. The van der Waals surface area contributed by atoms with Gasteiger partial charge < -0.3 is 15.1 Å². The standard InChI is InChI=1S/C16H19N3O2/c1-11-9-13(17)7-8-19(11)16(20)14-10-21-15(18-14)12-5-3-2-4-6-12/h2-6,10-11,13H,7-9,17H2,1H3/t11-,13+/m1/s1. The summed E-state index contributed by atoms with van der Waals surface area (Å²) in [5.41, 5.74) is 7.16. The van der Waals surface area contributed by atoms with E-state index < -0.39 is 0 Å². The largest absolute Gasteiger partial charge is 0.444 e. The van der Waals surface area contributed by atoms with E-state index >= 15 is 0 Å². The van der Waals surface area contributed by atoms with Crippen molar-refractivity contribution in [3.63, 3.8) is 0 Å². The molecule has 21 heavy (non-hydrogen) atoms. The van der Waals surface area contributed by atoms with Gasteiger partial charge in [-0.25, -0.2) is 4.98 Å². The molecular formula is C16H19N3O2. The molecule has 0 saturated carbocycles. The lowest BCUT2D eigenvalue weighted by Gasteiger charge is -2.35. The third-order valence-electron chi connectivity index (χ3n) is 3.92. The Morgan fingerprint density at radius 3 is 2.86 bits per heavy atom. The van der Waals surface area contributed by atoms with Crippen LogP contribution < -0.4 is 5.73 Å². The average Bonchev–Trinajstić information content (AvgIpc) is 2.97. The lowest BCUT2D eigenvalue weighted by molar-refractivity contribution is 0.0613. The number of amides is 1. The van der Waals surface area contributed by atoms with Gasteiger partial charge in [0.15, 0.2) is 5.69 Å². The van der Waals surface area contributed by atoms with Crippen molar-refractivity contribution in [1.82, 2.24) is 9.88 Å². The number of hydrogen-bond donors (Lipinski definition) is 1. The Labute approximate surface area is 123 Å². The van der Waals surface area contributed by atoms with Crippen molar-refractivity contribution in [2.45, 2.75) is 31.8 Å². The number of carbonyl (C=O) groups excluding carboxylic acids is 1. The van der Waals surface area contributed by atoms with Crippen molar-refractivity contribution >= 4 is 5.91 Å². The molecule has 1 amide bonds. The zero-order chi connectivity index (χ0) is 14.8. The van der Waals surface area contributed by atoms with Crippen molar-refractivity contribution in [3.05, 3.63) is 42.3 Å². The van der Waals surface area contributed by atoms with E-state index in [0.717, 1.165) is 18.4 Å². The zero-order valence-corrected chi connectivity index (χ0v) is 12.0. The molecule has 5 nitrogen and oxygen atoms in total. The molecule has 0 aliphatic carbocycles. The predicted octanol–water partition coefficient (Wildman–Crippen LogP) is 2.29. The zero-order valence-electron chi connectivity index (χ0n) is 12.0. The van der Waals surface area contributed by atoms with Gasteiger partial charge in [-0.05, 0) is 31.9 Å². The predicted molar refractivity (Wildman–Crippen MR) is 79.6 cm³/mol. The Kier molecular flexibility index (Phi) is 3.75. The second kappa shape index (κ2) is 5.69. The molecule has 1 aliphatic heterocycles. The topological polar surface area (TPSA) is 72.4 Å². The minimum absolute atomic E-state index is 0.0830. The van der Waals surface area contributed by atoms with Gasteiger partial charge in [-0.15, -0.1) is 0 Å². The van der Waals surface area contributed by atoms with Gasteiger partial charge in [-0.1, -0.05) is 18.2 Å². The maximum absolute atomic E-state index is 12.5. The summed E-state index contributed by atoms with van der Waals surface area (Å²) in [4.78, 5) is 18.7. The summed E-state index contributed by atoms with van der Waals surface area (Å²) in [6.07, 6.45) is 3.10. The number of aromatic nitrogens is 1. The number of nitrogens with two attached hydrogens (primary N) is 1. The van der Waals surface area contributed by atoms with E-state index in [1.54, 1.807) is 0 Å². The third-order valence-corrected chi connectivity index (χ3v) is 3.92. The molecule has 1 aromatic heterocycles. The number of nitrogens with zero attached hydrogens (tertiary/aromatic N) is 2. The van der Waals surface area contributed by atoms with E-state index in [1.165, 1.54) is 6.26 Å². The van der Waals surface area contributed by atoms with E-state index in [2.05, 4.69) is 4.98 Å². The summed E-state index contributed by atoms with van der Waals surface area (Å²) in [6, 6.07) is 9.88. The third kappa shape index (κ3) is 2.83. The molecule has 2 aromatic rings. The SMILES string of the molecule is C[C@@H]1C[C@@H](N)CCN1C(=O)c1coc(-c2ccccc2)n1. The van der Waals surface area contributed by atoms with Crippen LogP contribution in [0.2, 0.25) is 0 Å². The molecule has 110 valence electrons.